The fourth-order valence-electron chi connectivity index (χ4n) is 5.02. The van der Waals surface area contributed by atoms with Gasteiger partial charge in [-0.15, -0.1) is 0 Å². The van der Waals surface area contributed by atoms with E-state index in [9.17, 15) is 14.0 Å². The van der Waals surface area contributed by atoms with Crippen molar-refractivity contribution >= 4 is 34.7 Å². The van der Waals surface area contributed by atoms with Crippen LogP contribution in [0.2, 0.25) is 0 Å². The molecule has 0 unspecified atom stereocenters. The molecule has 0 aliphatic carbocycles. The highest BCUT2D eigenvalue weighted by atomic mass is 19.1. The second-order valence-corrected chi connectivity index (χ2v) is 10.0. The summed E-state index contributed by atoms with van der Waals surface area (Å²) in [6.07, 6.45) is 7.10. The van der Waals surface area contributed by atoms with Crippen LogP contribution < -0.4 is 20.4 Å². The molecule has 0 saturated carbocycles. The van der Waals surface area contributed by atoms with Crippen molar-refractivity contribution in [2.45, 2.75) is 38.6 Å². The molecule has 0 atom stereocenters. The van der Waals surface area contributed by atoms with Crippen LogP contribution >= 0.6 is 0 Å². The number of halogens is 1. The van der Waals surface area contributed by atoms with Gasteiger partial charge in [0.15, 0.2) is 0 Å². The van der Waals surface area contributed by atoms with E-state index in [1.807, 2.05) is 19.2 Å². The van der Waals surface area contributed by atoms with Crippen LogP contribution in [-0.4, -0.2) is 61.2 Å². The second-order valence-electron chi connectivity index (χ2n) is 10.0. The molecule has 39 heavy (non-hydrogen) atoms. The number of benzene rings is 1. The summed E-state index contributed by atoms with van der Waals surface area (Å²) in [5.41, 5.74) is 2.62. The first kappa shape index (κ1) is 26.6. The highest BCUT2D eigenvalue weighted by molar-refractivity contribution is 6.08. The van der Waals surface area contributed by atoms with Crippen molar-refractivity contribution in [3.8, 4) is 0 Å². The molecule has 0 bridgehead atoms. The van der Waals surface area contributed by atoms with Crippen molar-refractivity contribution < 1.29 is 18.7 Å². The Balaban J connectivity index is 1.25. The lowest BCUT2D eigenvalue weighted by Gasteiger charge is -2.32. The molecule has 2 aliphatic heterocycles. The van der Waals surface area contributed by atoms with E-state index in [2.05, 4.69) is 30.4 Å². The number of aryl methyl sites for hydroxylation is 1. The van der Waals surface area contributed by atoms with Crippen LogP contribution in [0.5, 0.6) is 0 Å². The van der Waals surface area contributed by atoms with Gasteiger partial charge in [0.25, 0.3) is 11.8 Å². The van der Waals surface area contributed by atoms with Crippen LogP contribution in [0.3, 0.4) is 0 Å². The average molecular weight is 533 g/mol. The summed E-state index contributed by atoms with van der Waals surface area (Å²) in [5, 5.41) is 5.60. The van der Waals surface area contributed by atoms with Gasteiger partial charge >= 0.3 is 0 Å². The molecule has 4 heterocycles. The molecule has 204 valence electrons. The van der Waals surface area contributed by atoms with Crippen LogP contribution in [0, 0.1) is 12.7 Å². The third kappa shape index (κ3) is 6.34. The highest BCUT2D eigenvalue weighted by Gasteiger charge is 2.20. The molecule has 10 heteroatoms. The number of hydrogen-bond acceptors (Lipinski definition) is 7. The van der Waals surface area contributed by atoms with E-state index in [4.69, 9.17) is 4.74 Å². The zero-order valence-electron chi connectivity index (χ0n) is 22.2. The van der Waals surface area contributed by atoms with Gasteiger partial charge in [-0.3, -0.25) is 14.6 Å². The maximum atomic E-state index is 14.3. The van der Waals surface area contributed by atoms with Crippen molar-refractivity contribution in [3.05, 3.63) is 71.4 Å². The number of nitrogens with zero attached hydrogens (tertiary/aromatic N) is 4. The highest BCUT2D eigenvalue weighted by Crippen LogP contribution is 2.24. The van der Waals surface area contributed by atoms with E-state index in [-0.39, 0.29) is 11.5 Å². The zero-order valence-corrected chi connectivity index (χ0v) is 22.2. The first-order valence-electron chi connectivity index (χ1n) is 13.3. The Kier molecular flexibility index (Phi) is 8.02. The molecule has 3 aromatic rings. The molecule has 2 aromatic heterocycles. The molecule has 2 aliphatic rings. The number of nitrogens with one attached hydrogen (secondary N) is 2. The van der Waals surface area contributed by atoms with Crippen LogP contribution in [-0.2, 0) is 4.74 Å². The van der Waals surface area contributed by atoms with E-state index in [0.717, 1.165) is 57.8 Å². The summed E-state index contributed by atoms with van der Waals surface area (Å²) in [4.78, 5) is 39.0. The third-order valence-corrected chi connectivity index (χ3v) is 7.31. The quantitative estimate of drug-likeness (QED) is 0.457. The Morgan fingerprint density at radius 3 is 2.41 bits per heavy atom. The maximum Gasteiger partial charge on any atom is 0.257 e. The fraction of sp³-hybridized carbons (Fsp3) is 0.379. The Hall–Kier alpha value is -4.05. The minimum absolute atomic E-state index is 0.209. The van der Waals surface area contributed by atoms with Crippen molar-refractivity contribution in [1.82, 2.24) is 9.97 Å². The standard InChI is InChI=1S/C29H33FN6O3/c1-19-26(29(38)33-22-5-6-27(32-17-22)35(2)24-7-11-39-12-8-24)16-23(18-31-19)34-28(37)20-13-21(30)15-25(14-20)36-9-3-4-10-36/h5-6,13-18,24H,3-4,7-12H2,1-2H3,(H,33,38)(H,34,37). The number of rotatable bonds is 7. The van der Waals surface area contributed by atoms with Crippen LogP contribution in [0.25, 0.3) is 0 Å². The summed E-state index contributed by atoms with van der Waals surface area (Å²) >= 11 is 0. The fourth-order valence-corrected chi connectivity index (χ4v) is 5.02. The minimum Gasteiger partial charge on any atom is -0.381 e. The van der Waals surface area contributed by atoms with Gasteiger partial charge in [-0.05, 0) is 69.0 Å². The van der Waals surface area contributed by atoms with Crippen molar-refractivity contribution in [1.29, 1.82) is 0 Å². The molecule has 1 aromatic carbocycles. The predicted molar refractivity (Wildman–Crippen MR) is 149 cm³/mol. The SMILES string of the molecule is Cc1ncc(NC(=O)c2cc(F)cc(N3CCCC3)c2)cc1C(=O)Nc1ccc(N(C)C2CCOCC2)nc1. The Morgan fingerprint density at radius 2 is 1.69 bits per heavy atom. The van der Waals surface area contributed by atoms with Gasteiger partial charge in [-0.25, -0.2) is 9.37 Å². The first-order valence-corrected chi connectivity index (χ1v) is 13.3. The number of carbonyl (C=O) groups excluding carboxylic acids is 2. The topological polar surface area (TPSA) is 99.7 Å². The van der Waals surface area contributed by atoms with E-state index >= 15 is 0 Å². The van der Waals surface area contributed by atoms with E-state index in [1.54, 1.807) is 25.3 Å². The Bertz CT molecular complexity index is 1340. The first-order chi connectivity index (χ1) is 18.9. The number of ether oxygens (including phenoxy) is 1. The van der Waals surface area contributed by atoms with Gasteiger partial charge < -0.3 is 25.2 Å². The summed E-state index contributed by atoms with van der Waals surface area (Å²) in [6, 6.07) is 9.97. The smallest absolute Gasteiger partial charge is 0.257 e. The van der Waals surface area contributed by atoms with Gasteiger partial charge in [0.05, 0.1) is 35.0 Å². The van der Waals surface area contributed by atoms with Gasteiger partial charge in [0.1, 0.15) is 11.6 Å². The average Bonchev–Trinajstić information content (AvgIpc) is 3.49. The second kappa shape index (κ2) is 11.8. The van der Waals surface area contributed by atoms with Gasteiger partial charge in [-0.2, -0.15) is 0 Å². The molecule has 9 nitrogen and oxygen atoms in total. The molecule has 2 N–H and O–H groups in total. The minimum atomic E-state index is -0.472. The Morgan fingerprint density at radius 1 is 0.974 bits per heavy atom. The molecule has 2 fully saturated rings. The normalized spacial score (nSPS) is 15.7. The number of amides is 2. The molecular formula is C29H33FN6O3. The summed E-state index contributed by atoms with van der Waals surface area (Å²) in [6.45, 7) is 4.90. The van der Waals surface area contributed by atoms with Crippen molar-refractivity contribution in [2.75, 3.05) is 53.8 Å². The van der Waals surface area contributed by atoms with E-state index in [0.29, 0.717) is 34.4 Å². The number of aromatic nitrogens is 2. The number of anilines is 4. The maximum absolute atomic E-state index is 14.3. The molecule has 2 saturated heterocycles. The molecule has 0 radical (unpaired) electrons. The lowest BCUT2D eigenvalue weighted by atomic mass is 10.1. The zero-order chi connectivity index (χ0) is 27.4. The van der Waals surface area contributed by atoms with Gasteiger partial charge in [-0.1, -0.05) is 0 Å². The van der Waals surface area contributed by atoms with Crippen molar-refractivity contribution in [3.63, 3.8) is 0 Å². The molecule has 5 rings (SSSR count). The van der Waals surface area contributed by atoms with Gasteiger partial charge in [0.2, 0.25) is 0 Å². The van der Waals surface area contributed by atoms with Gasteiger partial charge in [0, 0.05) is 50.6 Å². The number of hydrogen-bond donors (Lipinski definition) is 2. The molecule has 2 amide bonds. The number of carbonyl (C=O) groups is 2. The van der Waals surface area contributed by atoms with Crippen LogP contribution in [0.1, 0.15) is 52.1 Å². The number of pyridine rings is 2. The van der Waals surface area contributed by atoms with Crippen LogP contribution in [0.15, 0.2) is 48.8 Å². The summed E-state index contributed by atoms with van der Waals surface area (Å²) < 4.78 is 19.7. The summed E-state index contributed by atoms with van der Waals surface area (Å²) in [7, 11) is 2.02. The monoisotopic (exact) mass is 532 g/mol. The van der Waals surface area contributed by atoms with Crippen LogP contribution in [0.4, 0.5) is 27.3 Å². The predicted octanol–water partition coefficient (Wildman–Crippen LogP) is 4.64. The molecular weight excluding hydrogens is 499 g/mol. The summed E-state index contributed by atoms with van der Waals surface area (Å²) in [5.74, 6) is -0.483. The lowest BCUT2D eigenvalue weighted by molar-refractivity contribution is 0.0853. The lowest BCUT2D eigenvalue weighted by Crippen LogP contribution is -2.37. The van der Waals surface area contributed by atoms with E-state index < -0.39 is 11.7 Å². The Labute approximate surface area is 227 Å². The van der Waals surface area contributed by atoms with E-state index in [1.165, 1.54) is 18.3 Å². The largest absolute Gasteiger partial charge is 0.381 e. The van der Waals surface area contributed by atoms with Crippen molar-refractivity contribution in [2.24, 2.45) is 0 Å². The third-order valence-electron chi connectivity index (χ3n) is 7.31. The molecule has 0 spiro atoms.